The van der Waals surface area contributed by atoms with Gasteiger partial charge in [-0.05, 0) is 47.1 Å². The van der Waals surface area contributed by atoms with Gasteiger partial charge >= 0.3 is 0 Å². The maximum absolute atomic E-state index is 9.20. The van der Waals surface area contributed by atoms with Crippen LogP contribution in [-0.4, -0.2) is 59.3 Å². The largest absolute Gasteiger partial charge is 0.393 e. The van der Waals surface area contributed by atoms with E-state index in [1.165, 1.54) is 26.2 Å². The molecule has 1 fully saturated rings. The van der Waals surface area contributed by atoms with Gasteiger partial charge in [-0.1, -0.05) is 0 Å². The molecule has 0 amide bonds. The SMILES string of the molecule is CC(O)CCCN1CCN(C(C)(C)C)CC1. The molecule has 0 aromatic rings. The summed E-state index contributed by atoms with van der Waals surface area (Å²) in [5.41, 5.74) is 0.311. The molecule has 1 aliphatic heterocycles. The van der Waals surface area contributed by atoms with Crippen molar-refractivity contribution in [1.29, 1.82) is 0 Å². The molecule has 1 aliphatic rings. The number of piperazine rings is 1. The summed E-state index contributed by atoms with van der Waals surface area (Å²) in [6, 6.07) is 0. The van der Waals surface area contributed by atoms with Crippen molar-refractivity contribution in [3.05, 3.63) is 0 Å². The van der Waals surface area contributed by atoms with E-state index in [0.29, 0.717) is 5.54 Å². The first kappa shape index (κ1) is 13.9. The van der Waals surface area contributed by atoms with E-state index < -0.39 is 0 Å². The zero-order valence-corrected chi connectivity index (χ0v) is 11.4. The van der Waals surface area contributed by atoms with Gasteiger partial charge < -0.3 is 10.0 Å². The molecule has 1 atom stereocenters. The number of hydrogen-bond donors (Lipinski definition) is 1. The normalized spacial score (nSPS) is 22.3. The van der Waals surface area contributed by atoms with Crippen molar-refractivity contribution in [2.75, 3.05) is 32.7 Å². The molecule has 0 spiro atoms. The molecule has 0 aromatic carbocycles. The van der Waals surface area contributed by atoms with Crippen LogP contribution in [0.1, 0.15) is 40.5 Å². The maximum atomic E-state index is 9.20. The Balaban J connectivity index is 2.17. The molecule has 96 valence electrons. The molecule has 1 unspecified atom stereocenters. The van der Waals surface area contributed by atoms with E-state index >= 15 is 0 Å². The van der Waals surface area contributed by atoms with Gasteiger partial charge in [0.15, 0.2) is 0 Å². The minimum Gasteiger partial charge on any atom is -0.393 e. The van der Waals surface area contributed by atoms with Crippen LogP contribution in [0.2, 0.25) is 0 Å². The van der Waals surface area contributed by atoms with Crippen LogP contribution < -0.4 is 0 Å². The third kappa shape index (κ3) is 4.81. The Morgan fingerprint density at radius 3 is 2.12 bits per heavy atom. The summed E-state index contributed by atoms with van der Waals surface area (Å²) in [6.45, 7) is 14.6. The lowest BCUT2D eigenvalue weighted by Gasteiger charge is -2.42. The lowest BCUT2D eigenvalue weighted by Crippen LogP contribution is -2.53. The van der Waals surface area contributed by atoms with E-state index in [1.807, 2.05) is 6.92 Å². The molecule has 1 heterocycles. The third-order valence-corrected chi connectivity index (χ3v) is 3.42. The van der Waals surface area contributed by atoms with Crippen molar-refractivity contribution in [2.45, 2.75) is 52.2 Å². The van der Waals surface area contributed by atoms with Gasteiger partial charge in [0.1, 0.15) is 0 Å². The van der Waals surface area contributed by atoms with Crippen molar-refractivity contribution >= 4 is 0 Å². The van der Waals surface area contributed by atoms with Crippen LogP contribution in [0, 0.1) is 0 Å². The monoisotopic (exact) mass is 228 g/mol. The molecule has 1 rings (SSSR count). The van der Waals surface area contributed by atoms with Crippen molar-refractivity contribution in [3.63, 3.8) is 0 Å². The summed E-state index contributed by atoms with van der Waals surface area (Å²) in [7, 11) is 0. The van der Waals surface area contributed by atoms with Gasteiger partial charge in [0, 0.05) is 31.7 Å². The smallest absolute Gasteiger partial charge is 0.0512 e. The number of rotatable bonds is 4. The molecule has 3 heteroatoms. The van der Waals surface area contributed by atoms with Gasteiger partial charge in [0.2, 0.25) is 0 Å². The van der Waals surface area contributed by atoms with E-state index in [0.717, 1.165) is 19.4 Å². The summed E-state index contributed by atoms with van der Waals surface area (Å²) >= 11 is 0. The van der Waals surface area contributed by atoms with E-state index in [9.17, 15) is 5.11 Å². The highest BCUT2D eigenvalue weighted by Gasteiger charge is 2.25. The standard InChI is InChI=1S/C13H28N2O/c1-12(16)6-5-7-14-8-10-15(11-9-14)13(2,3)4/h12,16H,5-11H2,1-4H3. The van der Waals surface area contributed by atoms with Crippen LogP contribution in [0.4, 0.5) is 0 Å². The predicted molar refractivity (Wildman–Crippen MR) is 68.7 cm³/mol. The minimum atomic E-state index is -0.143. The predicted octanol–water partition coefficient (Wildman–Crippen LogP) is 1.56. The highest BCUT2D eigenvalue weighted by Crippen LogP contribution is 2.15. The van der Waals surface area contributed by atoms with Crippen LogP contribution in [0.5, 0.6) is 0 Å². The summed E-state index contributed by atoms with van der Waals surface area (Å²) in [6.07, 6.45) is 1.91. The highest BCUT2D eigenvalue weighted by molar-refractivity contribution is 4.81. The Labute approximate surface area is 100 Å². The number of nitrogens with zero attached hydrogens (tertiary/aromatic N) is 2. The van der Waals surface area contributed by atoms with Gasteiger partial charge in [0.05, 0.1) is 6.10 Å². The number of hydrogen-bond acceptors (Lipinski definition) is 3. The molecular formula is C13H28N2O. The molecule has 0 aromatic heterocycles. The van der Waals surface area contributed by atoms with E-state index in [-0.39, 0.29) is 6.10 Å². The summed E-state index contributed by atoms with van der Waals surface area (Å²) < 4.78 is 0. The molecule has 3 nitrogen and oxygen atoms in total. The first-order valence-corrected chi connectivity index (χ1v) is 6.55. The van der Waals surface area contributed by atoms with Crippen molar-refractivity contribution in [1.82, 2.24) is 9.80 Å². The Bertz CT molecular complexity index is 191. The molecule has 0 aliphatic carbocycles. The summed E-state index contributed by atoms with van der Waals surface area (Å²) in [5, 5.41) is 9.20. The maximum Gasteiger partial charge on any atom is 0.0512 e. The fraction of sp³-hybridized carbons (Fsp3) is 1.00. The molecule has 0 radical (unpaired) electrons. The molecular weight excluding hydrogens is 200 g/mol. The highest BCUT2D eigenvalue weighted by atomic mass is 16.3. The molecule has 0 bridgehead atoms. The average molecular weight is 228 g/mol. The molecule has 1 N–H and O–H groups in total. The fourth-order valence-electron chi connectivity index (χ4n) is 2.25. The zero-order valence-electron chi connectivity index (χ0n) is 11.4. The second-order valence-corrected chi connectivity index (χ2v) is 5.99. The Hall–Kier alpha value is -0.120. The van der Waals surface area contributed by atoms with Gasteiger partial charge in [-0.25, -0.2) is 0 Å². The van der Waals surface area contributed by atoms with Crippen LogP contribution in [0.15, 0.2) is 0 Å². The Kier molecular flexibility index (Phi) is 5.22. The van der Waals surface area contributed by atoms with Crippen LogP contribution >= 0.6 is 0 Å². The summed E-state index contributed by atoms with van der Waals surface area (Å²) in [5.74, 6) is 0. The van der Waals surface area contributed by atoms with Crippen LogP contribution in [-0.2, 0) is 0 Å². The topological polar surface area (TPSA) is 26.7 Å². The molecule has 0 saturated carbocycles. The Morgan fingerprint density at radius 1 is 1.12 bits per heavy atom. The second kappa shape index (κ2) is 5.99. The number of aliphatic hydroxyl groups is 1. The van der Waals surface area contributed by atoms with Gasteiger partial charge in [-0.3, -0.25) is 4.90 Å². The van der Waals surface area contributed by atoms with E-state index in [2.05, 4.69) is 30.6 Å². The number of aliphatic hydroxyl groups excluding tert-OH is 1. The fourth-order valence-corrected chi connectivity index (χ4v) is 2.25. The first-order chi connectivity index (χ1) is 7.39. The molecule has 16 heavy (non-hydrogen) atoms. The van der Waals surface area contributed by atoms with Crippen molar-refractivity contribution < 1.29 is 5.11 Å². The van der Waals surface area contributed by atoms with E-state index in [1.54, 1.807) is 0 Å². The van der Waals surface area contributed by atoms with Crippen molar-refractivity contribution in [2.24, 2.45) is 0 Å². The van der Waals surface area contributed by atoms with E-state index in [4.69, 9.17) is 0 Å². The van der Waals surface area contributed by atoms with Crippen LogP contribution in [0.25, 0.3) is 0 Å². The first-order valence-electron chi connectivity index (χ1n) is 6.55. The lowest BCUT2D eigenvalue weighted by atomic mass is 10.0. The summed E-state index contributed by atoms with van der Waals surface area (Å²) in [4.78, 5) is 5.07. The quantitative estimate of drug-likeness (QED) is 0.791. The zero-order chi connectivity index (χ0) is 12.2. The van der Waals surface area contributed by atoms with Gasteiger partial charge in [0.25, 0.3) is 0 Å². The minimum absolute atomic E-state index is 0.143. The van der Waals surface area contributed by atoms with Crippen molar-refractivity contribution in [3.8, 4) is 0 Å². The van der Waals surface area contributed by atoms with Gasteiger partial charge in [-0.15, -0.1) is 0 Å². The van der Waals surface area contributed by atoms with Gasteiger partial charge in [-0.2, -0.15) is 0 Å². The molecule has 1 saturated heterocycles. The lowest BCUT2D eigenvalue weighted by molar-refractivity contribution is 0.0597. The van der Waals surface area contributed by atoms with Crippen LogP contribution in [0.3, 0.4) is 0 Å². The third-order valence-electron chi connectivity index (χ3n) is 3.42. The average Bonchev–Trinajstić information content (AvgIpc) is 2.16. The second-order valence-electron chi connectivity index (χ2n) is 5.99. The Morgan fingerprint density at radius 2 is 1.69 bits per heavy atom.